The van der Waals surface area contributed by atoms with Crippen molar-refractivity contribution in [3.8, 4) is 11.1 Å². The van der Waals surface area contributed by atoms with Crippen molar-refractivity contribution in [2.24, 2.45) is 0 Å². The molecule has 34 heavy (non-hydrogen) atoms. The molecule has 2 aromatic carbocycles. The van der Waals surface area contributed by atoms with E-state index in [1.54, 1.807) is 4.90 Å². The zero-order chi connectivity index (χ0) is 23.7. The number of amides is 2. The van der Waals surface area contributed by atoms with Crippen molar-refractivity contribution >= 4 is 18.0 Å². The van der Waals surface area contributed by atoms with Gasteiger partial charge in [-0.3, -0.25) is 9.59 Å². The molecule has 5 rings (SSSR count). The number of fused-ring (bicyclic) bond motifs is 3. The predicted octanol–water partition coefficient (Wildman–Crippen LogP) is 3.15. The van der Waals surface area contributed by atoms with Gasteiger partial charge >= 0.3 is 12.1 Å². The maximum absolute atomic E-state index is 12.8. The molecular formula is C26H28N2O6. The van der Waals surface area contributed by atoms with Crippen LogP contribution in [0.4, 0.5) is 4.79 Å². The van der Waals surface area contributed by atoms with Crippen LogP contribution in [0.15, 0.2) is 48.5 Å². The summed E-state index contributed by atoms with van der Waals surface area (Å²) in [6, 6.07) is 16.3. The molecule has 1 saturated carbocycles. The van der Waals surface area contributed by atoms with Crippen LogP contribution in [-0.2, 0) is 19.1 Å². The topological polar surface area (TPSA) is 105 Å². The van der Waals surface area contributed by atoms with Crippen LogP contribution in [0.1, 0.15) is 42.7 Å². The monoisotopic (exact) mass is 464 g/mol. The fourth-order valence-corrected chi connectivity index (χ4v) is 5.01. The van der Waals surface area contributed by atoms with Crippen LogP contribution in [0.5, 0.6) is 0 Å². The molecule has 1 atom stereocenters. The largest absolute Gasteiger partial charge is 0.481 e. The lowest BCUT2D eigenvalue weighted by atomic mass is 9.98. The smallest absolute Gasteiger partial charge is 0.407 e. The SMILES string of the molecule is O=C(O)CC1CN(C(=O)CC2(NC(=O)OCC3c4ccccc4-c4ccccc43)CC2)CCO1. The average Bonchev–Trinajstić information content (AvgIpc) is 3.49. The van der Waals surface area contributed by atoms with Crippen molar-refractivity contribution in [3.63, 3.8) is 0 Å². The van der Waals surface area contributed by atoms with Crippen molar-refractivity contribution < 1.29 is 29.0 Å². The molecule has 0 spiro atoms. The van der Waals surface area contributed by atoms with E-state index in [4.69, 9.17) is 14.6 Å². The van der Waals surface area contributed by atoms with Crippen LogP contribution in [0.2, 0.25) is 0 Å². The van der Waals surface area contributed by atoms with Gasteiger partial charge in [-0.05, 0) is 35.1 Å². The number of morpholine rings is 1. The van der Waals surface area contributed by atoms with Crippen LogP contribution >= 0.6 is 0 Å². The van der Waals surface area contributed by atoms with Gasteiger partial charge in [-0.2, -0.15) is 0 Å². The summed E-state index contributed by atoms with van der Waals surface area (Å²) in [4.78, 5) is 38.1. The summed E-state index contributed by atoms with van der Waals surface area (Å²) in [5, 5.41) is 11.9. The Labute approximate surface area is 197 Å². The molecule has 2 amide bonds. The second kappa shape index (κ2) is 9.10. The molecule has 1 saturated heterocycles. The number of hydrogen-bond acceptors (Lipinski definition) is 5. The number of aliphatic carboxylic acids is 1. The molecule has 0 radical (unpaired) electrons. The Morgan fingerprint density at radius 1 is 1.06 bits per heavy atom. The fourth-order valence-electron chi connectivity index (χ4n) is 5.01. The van der Waals surface area contributed by atoms with E-state index < -0.39 is 23.7 Å². The normalized spacial score (nSPS) is 20.2. The Balaban J connectivity index is 1.16. The van der Waals surface area contributed by atoms with Crippen molar-refractivity contribution in [2.45, 2.75) is 43.2 Å². The third-order valence-electron chi connectivity index (χ3n) is 6.95. The Morgan fingerprint density at radius 3 is 2.32 bits per heavy atom. The lowest BCUT2D eigenvalue weighted by Crippen LogP contribution is -2.49. The lowest BCUT2D eigenvalue weighted by molar-refractivity contribution is -0.148. The summed E-state index contributed by atoms with van der Waals surface area (Å²) in [6.45, 7) is 1.23. The molecule has 2 fully saturated rings. The minimum atomic E-state index is -0.949. The van der Waals surface area contributed by atoms with Gasteiger partial charge in [-0.15, -0.1) is 0 Å². The fraction of sp³-hybridized carbons (Fsp3) is 0.423. The number of carbonyl (C=O) groups is 3. The number of alkyl carbamates (subject to hydrolysis) is 1. The molecule has 0 bridgehead atoms. The Kier molecular flexibility index (Phi) is 6.00. The van der Waals surface area contributed by atoms with Crippen LogP contribution in [0.25, 0.3) is 11.1 Å². The van der Waals surface area contributed by atoms with E-state index in [2.05, 4.69) is 29.6 Å². The van der Waals surface area contributed by atoms with E-state index in [0.29, 0.717) is 26.0 Å². The quantitative estimate of drug-likeness (QED) is 0.652. The van der Waals surface area contributed by atoms with Crippen LogP contribution in [0, 0.1) is 0 Å². The maximum Gasteiger partial charge on any atom is 0.407 e. The average molecular weight is 465 g/mol. The van der Waals surface area contributed by atoms with E-state index in [0.717, 1.165) is 11.1 Å². The summed E-state index contributed by atoms with van der Waals surface area (Å²) < 4.78 is 11.1. The Morgan fingerprint density at radius 2 is 1.71 bits per heavy atom. The van der Waals surface area contributed by atoms with Crippen molar-refractivity contribution in [1.82, 2.24) is 10.2 Å². The van der Waals surface area contributed by atoms with E-state index >= 15 is 0 Å². The van der Waals surface area contributed by atoms with Crippen LogP contribution in [-0.4, -0.2) is 65.9 Å². The summed E-state index contributed by atoms with van der Waals surface area (Å²) in [5.74, 6) is -1.07. The minimum absolute atomic E-state index is 0.0190. The Bertz CT molecular complexity index is 1070. The number of ether oxygens (including phenoxy) is 2. The third-order valence-corrected chi connectivity index (χ3v) is 6.95. The first-order valence-electron chi connectivity index (χ1n) is 11.7. The highest BCUT2D eigenvalue weighted by atomic mass is 16.5. The van der Waals surface area contributed by atoms with Gasteiger partial charge < -0.3 is 24.8 Å². The van der Waals surface area contributed by atoms with Gasteiger partial charge in [0.25, 0.3) is 0 Å². The predicted molar refractivity (Wildman–Crippen MR) is 123 cm³/mol. The number of carboxylic acid groups (broad SMARTS) is 1. The first-order valence-corrected chi connectivity index (χ1v) is 11.7. The number of hydrogen-bond donors (Lipinski definition) is 2. The highest BCUT2D eigenvalue weighted by Crippen LogP contribution is 2.44. The van der Waals surface area contributed by atoms with Crippen LogP contribution in [0.3, 0.4) is 0 Å². The number of carboxylic acids is 1. The molecule has 1 unspecified atom stereocenters. The summed E-state index contributed by atoms with van der Waals surface area (Å²) >= 11 is 0. The molecule has 3 aliphatic rings. The number of nitrogens with zero attached hydrogens (tertiary/aromatic N) is 1. The lowest BCUT2D eigenvalue weighted by Gasteiger charge is -2.33. The number of nitrogens with one attached hydrogen (secondary N) is 1. The van der Waals surface area contributed by atoms with Gasteiger partial charge in [0.1, 0.15) is 6.61 Å². The second-order valence-corrected chi connectivity index (χ2v) is 9.34. The standard InChI is InChI=1S/C26H28N2O6/c29-23(28-11-12-33-17(15-28)13-24(30)31)14-26(9-10-26)27-25(32)34-16-22-20-7-3-1-5-18(20)19-6-2-4-8-21(19)22/h1-8,17,22H,9-16H2,(H,27,32)(H,30,31). The van der Waals surface area contributed by atoms with Gasteiger partial charge in [0.15, 0.2) is 0 Å². The van der Waals surface area contributed by atoms with Gasteiger partial charge in [0, 0.05) is 19.0 Å². The summed E-state index contributed by atoms with van der Waals surface area (Å²) in [7, 11) is 0. The van der Waals surface area contributed by atoms with Gasteiger partial charge in [0.2, 0.25) is 5.91 Å². The molecule has 0 aromatic heterocycles. The van der Waals surface area contributed by atoms with Gasteiger partial charge in [-0.1, -0.05) is 48.5 Å². The molecule has 2 aromatic rings. The number of carbonyl (C=O) groups excluding carboxylic acids is 2. The molecule has 1 aliphatic heterocycles. The van der Waals surface area contributed by atoms with Crippen molar-refractivity contribution in [1.29, 1.82) is 0 Å². The first kappa shape index (κ1) is 22.4. The molecule has 2 N–H and O–H groups in total. The van der Waals surface area contributed by atoms with E-state index in [-0.39, 0.29) is 37.8 Å². The zero-order valence-corrected chi connectivity index (χ0v) is 18.9. The highest BCUT2D eigenvalue weighted by molar-refractivity contribution is 5.81. The van der Waals surface area contributed by atoms with E-state index in [9.17, 15) is 14.4 Å². The zero-order valence-electron chi connectivity index (χ0n) is 18.9. The number of rotatable bonds is 7. The van der Waals surface area contributed by atoms with Gasteiger partial charge in [-0.25, -0.2) is 4.79 Å². The van der Waals surface area contributed by atoms with Crippen LogP contribution < -0.4 is 5.32 Å². The molecule has 1 heterocycles. The summed E-state index contributed by atoms with van der Waals surface area (Å²) in [5.41, 5.74) is 4.05. The van der Waals surface area contributed by atoms with E-state index in [1.165, 1.54) is 11.1 Å². The molecular weight excluding hydrogens is 436 g/mol. The minimum Gasteiger partial charge on any atom is -0.481 e. The molecule has 8 heteroatoms. The number of benzene rings is 2. The first-order chi connectivity index (χ1) is 16.4. The van der Waals surface area contributed by atoms with E-state index in [1.807, 2.05) is 24.3 Å². The Hall–Kier alpha value is -3.39. The molecule has 8 nitrogen and oxygen atoms in total. The highest BCUT2D eigenvalue weighted by Gasteiger charge is 2.47. The molecule has 178 valence electrons. The maximum atomic E-state index is 12.8. The summed E-state index contributed by atoms with van der Waals surface area (Å²) in [6.07, 6.45) is 0.458. The third kappa shape index (κ3) is 4.63. The van der Waals surface area contributed by atoms with Crippen molar-refractivity contribution in [2.75, 3.05) is 26.3 Å². The van der Waals surface area contributed by atoms with Gasteiger partial charge in [0.05, 0.1) is 31.1 Å². The second-order valence-electron chi connectivity index (χ2n) is 9.34. The van der Waals surface area contributed by atoms with Crippen molar-refractivity contribution in [3.05, 3.63) is 59.7 Å². The molecule has 2 aliphatic carbocycles.